The molecule has 1 aliphatic carbocycles. The van der Waals surface area contributed by atoms with Gasteiger partial charge in [0.25, 0.3) is 8.32 Å². The van der Waals surface area contributed by atoms with Gasteiger partial charge in [0.15, 0.2) is 0 Å². The normalized spacial score (nSPS) is 20.3. The van der Waals surface area contributed by atoms with E-state index in [0.29, 0.717) is 18.3 Å². The third-order valence-corrected chi connectivity index (χ3v) is 10.4. The Kier molecular flexibility index (Phi) is 5.26. The van der Waals surface area contributed by atoms with E-state index in [2.05, 4.69) is 81.4 Å². The van der Waals surface area contributed by atoms with Gasteiger partial charge >= 0.3 is 0 Å². The average Bonchev–Trinajstić information content (AvgIpc) is 3.35. The highest BCUT2D eigenvalue weighted by Crippen LogP contribution is 2.43. The van der Waals surface area contributed by atoms with E-state index >= 15 is 0 Å². The molecule has 25 heavy (non-hydrogen) atoms. The standard InChI is InChI=1S/C22H28O2Si/c1-22(2,3)25(20-10-6-4-7-11-20,21-12-8-5-9-13-21)24-17-19-16-18(19)14-15-23/h4-13,15,18-19H,14,16-17H2,1-3H3/t18-,19+/m1/s1. The van der Waals surface area contributed by atoms with E-state index in [1.165, 1.54) is 10.4 Å². The van der Waals surface area contributed by atoms with Crippen LogP contribution in [0.2, 0.25) is 5.04 Å². The summed E-state index contributed by atoms with van der Waals surface area (Å²) < 4.78 is 6.89. The number of benzene rings is 2. The summed E-state index contributed by atoms with van der Waals surface area (Å²) in [5.74, 6) is 1.06. The molecule has 0 aliphatic heterocycles. The van der Waals surface area contributed by atoms with Crippen molar-refractivity contribution in [3.8, 4) is 0 Å². The van der Waals surface area contributed by atoms with Gasteiger partial charge in [-0.05, 0) is 33.7 Å². The Morgan fingerprint density at radius 1 is 0.960 bits per heavy atom. The van der Waals surface area contributed by atoms with Crippen LogP contribution in [-0.2, 0) is 9.22 Å². The Morgan fingerprint density at radius 3 is 1.92 bits per heavy atom. The molecule has 0 bridgehead atoms. The van der Waals surface area contributed by atoms with E-state index in [0.717, 1.165) is 19.3 Å². The number of hydrogen-bond acceptors (Lipinski definition) is 2. The van der Waals surface area contributed by atoms with Gasteiger partial charge in [-0.3, -0.25) is 0 Å². The fraction of sp³-hybridized carbons (Fsp3) is 0.409. The monoisotopic (exact) mass is 352 g/mol. The van der Waals surface area contributed by atoms with E-state index < -0.39 is 8.32 Å². The lowest BCUT2D eigenvalue weighted by Gasteiger charge is -2.43. The molecular formula is C22H28O2Si. The van der Waals surface area contributed by atoms with Gasteiger partial charge in [-0.15, -0.1) is 0 Å². The first-order chi connectivity index (χ1) is 12.0. The van der Waals surface area contributed by atoms with Crippen LogP contribution >= 0.6 is 0 Å². The number of carbonyl (C=O) groups excluding carboxylic acids is 1. The summed E-state index contributed by atoms with van der Waals surface area (Å²) in [5.41, 5.74) is 0. The second-order valence-electron chi connectivity index (χ2n) is 8.13. The van der Waals surface area contributed by atoms with E-state index in [1.54, 1.807) is 0 Å². The highest BCUT2D eigenvalue weighted by Gasteiger charge is 2.51. The molecule has 0 amide bonds. The van der Waals surface area contributed by atoms with Crippen LogP contribution in [0.25, 0.3) is 0 Å². The Balaban J connectivity index is 1.99. The molecule has 0 spiro atoms. The van der Waals surface area contributed by atoms with Crippen molar-refractivity contribution < 1.29 is 9.22 Å². The Bertz CT molecular complexity index is 651. The van der Waals surface area contributed by atoms with Gasteiger partial charge < -0.3 is 9.22 Å². The molecule has 1 aliphatic rings. The third kappa shape index (κ3) is 3.63. The second kappa shape index (κ2) is 7.26. The number of rotatable bonds is 7. The minimum absolute atomic E-state index is 0.0186. The van der Waals surface area contributed by atoms with Crippen molar-refractivity contribution in [2.45, 2.75) is 38.7 Å². The van der Waals surface area contributed by atoms with Crippen LogP contribution in [0.4, 0.5) is 0 Å². The predicted octanol–water partition coefficient (Wildman–Crippen LogP) is 3.79. The molecule has 0 aromatic heterocycles. The molecule has 3 heteroatoms. The van der Waals surface area contributed by atoms with Crippen molar-refractivity contribution in [1.29, 1.82) is 0 Å². The van der Waals surface area contributed by atoms with Crippen molar-refractivity contribution in [3.05, 3.63) is 60.7 Å². The lowest BCUT2D eigenvalue weighted by Crippen LogP contribution is -2.66. The predicted molar refractivity (Wildman–Crippen MR) is 106 cm³/mol. The van der Waals surface area contributed by atoms with E-state index in [4.69, 9.17) is 4.43 Å². The maximum absolute atomic E-state index is 10.8. The fourth-order valence-electron chi connectivity index (χ4n) is 3.92. The van der Waals surface area contributed by atoms with E-state index in [-0.39, 0.29) is 5.04 Å². The highest BCUT2D eigenvalue weighted by molar-refractivity contribution is 6.99. The summed E-state index contributed by atoms with van der Waals surface area (Å²) in [5, 5.41) is 2.66. The minimum atomic E-state index is -2.41. The number of hydrogen-bond donors (Lipinski definition) is 0. The van der Waals surface area contributed by atoms with Crippen LogP contribution in [0.5, 0.6) is 0 Å². The molecule has 2 aromatic rings. The first kappa shape index (κ1) is 18.1. The number of carbonyl (C=O) groups is 1. The molecule has 3 rings (SSSR count). The molecule has 0 unspecified atom stereocenters. The molecule has 0 saturated heterocycles. The Labute approximate surface area is 152 Å². The van der Waals surface area contributed by atoms with E-state index in [1.807, 2.05) is 0 Å². The second-order valence-corrected chi connectivity index (χ2v) is 12.4. The zero-order valence-electron chi connectivity index (χ0n) is 15.4. The smallest absolute Gasteiger partial charge is 0.261 e. The van der Waals surface area contributed by atoms with Gasteiger partial charge in [0.05, 0.1) is 0 Å². The average molecular weight is 353 g/mol. The topological polar surface area (TPSA) is 26.3 Å². The van der Waals surface area contributed by atoms with E-state index in [9.17, 15) is 4.79 Å². The van der Waals surface area contributed by atoms with Crippen LogP contribution in [0, 0.1) is 11.8 Å². The molecule has 2 nitrogen and oxygen atoms in total. The lowest BCUT2D eigenvalue weighted by molar-refractivity contribution is -0.108. The molecule has 2 aromatic carbocycles. The molecule has 1 fully saturated rings. The van der Waals surface area contributed by atoms with Crippen LogP contribution < -0.4 is 10.4 Å². The van der Waals surface area contributed by atoms with Crippen molar-refractivity contribution in [1.82, 2.24) is 0 Å². The largest absolute Gasteiger partial charge is 0.407 e. The molecule has 0 radical (unpaired) electrons. The third-order valence-electron chi connectivity index (χ3n) is 5.40. The van der Waals surface area contributed by atoms with Gasteiger partial charge in [-0.1, -0.05) is 81.4 Å². The fourth-order valence-corrected chi connectivity index (χ4v) is 8.54. The minimum Gasteiger partial charge on any atom is -0.407 e. The summed E-state index contributed by atoms with van der Waals surface area (Å²) in [6, 6.07) is 21.5. The van der Waals surface area contributed by atoms with Gasteiger partial charge in [-0.25, -0.2) is 0 Å². The van der Waals surface area contributed by atoms with Crippen LogP contribution in [0.3, 0.4) is 0 Å². The summed E-state index contributed by atoms with van der Waals surface area (Å²) >= 11 is 0. The number of aldehydes is 1. The highest BCUT2D eigenvalue weighted by atomic mass is 28.4. The van der Waals surface area contributed by atoms with Crippen molar-refractivity contribution in [2.24, 2.45) is 11.8 Å². The summed E-state index contributed by atoms with van der Waals surface area (Å²) in [6.45, 7) is 7.66. The quantitative estimate of drug-likeness (QED) is 0.560. The first-order valence-corrected chi connectivity index (χ1v) is 11.1. The molecular weight excluding hydrogens is 324 g/mol. The van der Waals surface area contributed by atoms with Gasteiger partial charge in [0.2, 0.25) is 0 Å². The van der Waals surface area contributed by atoms with Crippen molar-refractivity contribution in [2.75, 3.05) is 6.61 Å². The van der Waals surface area contributed by atoms with Gasteiger partial charge in [0.1, 0.15) is 6.29 Å². The summed E-state index contributed by atoms with van der Waals surface area (Å²) in [7, 11) is -2.41. The summed E-state index contributed by atoms with van der Waals surface area (Å²) in [4.78, 5) is 10.8. The van der Waals surface area contributed by atoms with Crippen molar-refractivity contribution >= 4 is 25.0 Å². The zero-order chi connectivity index (χ0) is 17.9. The summed E-state index contributed by atoms with van der Waals surface area (Å²) in [6.07, 6.45) is 2.85. The molecule has 2 atom stereocenters. The maximum atomic E-state index is 10.8. The van der Waals surface area contributed by atoms with Crippen LogP contribution in [-0.4, -0.2) is 21.2 Å². The molecule has 1 saturated carbocycles. The first-order valence-electron chi connectivity index (χ1n) is 9.17. The SMILES string of the molecule is CC(C)(C)[Si](OC[C@@H]1C[C@H]1CC=O)(c1ccccc1)c1ccccc1. The van der Waals surface area contributed by atoms with Crippen molar-refractivity contribution in [3.63, 3.8) is 0 Å². The Morgan fingerprint density at radius 2 is 1.48 bits per heavy atom. The maximum Gasteiger partial charge on any atom is 0.261 e. The van der Waals surface area contributed by atoms with Gasteiger partial charge in [-0.2, -0.15) is 0 Å². The molecule has 132 valence electrons. The molecule has 0 heterocycles. The van der Waals surface area contributed by atoms with Gasteiger partial charge in [0, 0.05) is 13.0 Å². The molecule has 0 N–H and O–H groups in total. The van der Waals surface area contributed by atoms with Crippen LogP contribution in [0.1, 0.15) is 33.6 Å². The Hall–Kier alpha value is -1.71. The van der Waals surface area contributed by atoms with Crippen LogP contribution in [0.15, 0.2) is 60.7 Å². The lowest BCUT2D eigenvalue weighted by atomic mass is 10.2. The zero-order valence-corrected chi connectivity index (χ0v) is 16.4.